The molecule has 1 aromatic rings. The third kappa shape index (κ3) is 3.72. The molecule has 0 aliphatic carbocycles. The molecule has 19 heavy (non-hydrogen) atoms. The first kappa shape index (κ1) is 14.4. The molecule has 1 amide bonds. The molecule has 1 atom stereocenters. The number of aliphatic hydroxyl groups is 1. The third-order valence-corrected chi connectivity index (χ3v) is 4.36. The molecule has 1 unspecified atom stereocenters. The van der Waals surface area contributed by atoms with Gasteiger partial charge < -0.3 is 14.7 Å². The van der Waals surface area contributed by atoms with Crippen LogP contribution in [-0.4, -0.2) is 54.1 Å². The summed E-state index contributed by atoms with van der Waals surface area (Å²) in [6.07, 6.45) is 0. The fraction of sp³-hybridized carbons (Fsp3) is 0.500. The van der Waals surface area contributed by atoms with Crippen molar-refractivity contribution < 1.29 is 14.6 Å². The van der Waals surface area contributed by atoms with E-state index in [1.165, 1.54) is 5.56 Å². The van der Waals surface area contributed by atoms with Gasteiger partial charge in [-0.05, 0) is 18.6 Å². The Morgan fingerprint density at radius 1 is 1.53 bits per heavy atom. The number of nitrogens with zero attached hydrogens (tertiary/aromatic N) is 1. The van der Waals surface area contributed by atoms with Crippen molar-refractivity contribution in [1.82, 2.24) is 4.90 Å². The zero-order valence-corrected chi connectivity index (χ0v) is 11.9. The van der Waals surface area contributed by atoms with Crippen LogP contribution in [0.5, 0.6) is 0 Å². The van der Waals surface area contributed by atoms with Crippen LogP contribution in [0.25, 0.3) is 0 Å². The predicted molar refractivity (Wildman–Crippen MR) is 75.3 cm³/mol. The molecule has 104 valence electrons. The molecular weight excluding hydrogens is 262 g/mol. The van der Waals surface area contributed by atoms with Gasteiger partial charge in [-0.3, -0.25) is 4.79 Å². The Bertz CT molecular complexity index is 438. The highest BCUT2D eigenvalue weighted by Gasteiger charge is 2.26. The van der Waals surface area contributed by atoms with Gasteiger partial charge in [-0.25, -0.2) is 0 Å². The van der Waals surface area contributed by atoms with Crippen molar-refractivity contribution in [1.29, 1.82) is 0 Å². The fourth-order valence-corrected chi connectivity index (χ4v) is 2.99. The smallest absolute Gasteiger partial charge is 0.233 e. The van der Waals surface area contributed by atoms with E-state index in [1.54, 1.807) is 16.7 Å². The number of amides is 1. The maximum Gasteiger partial charge on any atom is 0.233 e. The molecule has 1 aliphatic rings. The lowest BCUT2D eigenvalue weighted by Crippen LogP contribution is -2.51. The van der Waals surface area contributed by atoms with Crippen LogP contribution in [0.2, 0.25) is 0 Å². The van der Waals surface area contributed by atoms with Crippen molar-refractivity contribution in [2.75, 3.05) is 32.1 Å². The van der Waals surface area contributed by atoms with Gasteiger partial charge in [0.25, 0.3) is 0 Å². The van der Waals surface area contributed by atoms with E-state index in [0.717, 1.165) is 4.90 Å². The summed E-state index contributed by atoms with van der Waals surface area (Å²) in [5.74, 6) is 0.469. The van der Waals surface area contributed by atoms with Crippen molar-refractivity contribution in [2.45, 2.75) is 17.9 Å². The molecule has 0 radical (unpaired) electrons. The fourth-order valence-electron chi connectivity index (χ4n) is 2.08. The van der Waals surface area contributed by atoms with E-state index in [9.17, 15) is 9.90 Å². The summed E-state index contributed by atoms with van der Waals surface area (Å²) in [7, 11) is 0. The van der Waals surface area contributed by atoms with Gasteiger partial charge in [0, 0.05) is 11.4 Å². The van der Waals surface area contributed by atoms with Crippen molar-refractivity contribution in [3.8, 4) is 0 Å². The highest BCUT2D eigenvalue weighted by molar-refractivity contribution is 8.00. The summed E-state index contributed by atoms with van der Waals surface area (Å²) >= 11 is 1.55. The van der Waals surface area contributed by atoms with Crippen LogP contribution >= 0.6 is 11.8 Å². The standard InChI is InChI=1S/C14H19NO3S/c1-11-4-2-3-5-13(11)19-10-14(17)15-6-7-18-9-12(15)8-16/h2-5,12,16H,6-10H2,1H3. The number of hydrogen-bond donors (Lipinski definition) is 1. The lowest BCUT2D eigenvalue weighted by atomic mass is 10.2. The van der Waals surface area contributed by atoms with Crippen LogP contribution in [0.1, 0.15) is 5.56 Å². The summed E-state index contributed by atoms with van der Waals surface area (Å²) < 4.78 is 5.27. The second kappa shape index (κ2) is 6.93. The van der Waals surface area contributed by atoms with Crippen molar-refractivity contribution in [3.05, 3.63) is 29.8 Å². The quantitative estimate of drug-likeness (QED) is 0.845. The Morgan fingerprint density at radius 2 is 2.32 bits per heavy atom. The number of rotatable bonds is 4. The number of ether oxygens (including phenoxy) is 1. The minimum Gasteiger partial charge on any atom is -0.394 e. The highest BCUT2D eigenvalue weighted by Crippen LogP contribution is 2.22. The van der Waals surface area contributed by atoms with E-state index in [-0.39, 0.29) is 18.6 Å². The van der Waals surface area contributed by atoms with Crippen molar-refractivity contribution in [2.24, 2.45) is 0 Å². The van der Waals surface area contributed by atoms with Gasteiger partial charge in [0.1, 0.15) is 0 Å². The van der Waals surface area contributed by atoms with Crippen LogP contribution in [-0.2, 0) is 9.53 Å². The van der Waals surface area contributed by atoms with Gasteiger partial charge in [0.2, 0.25) is 5.91 Å². The molecule has 2 rings (SSSR count). The van der Waals surface area contributed by atoms with E-state index < -0.39 is 0 Å². The first-order valence-corrected chi connectivity index (χ1v) is 7.37. The molecule has 0 aromatic heterocycles. The minimum atomic E-state index is -0.196. The van der Waals surface area contributed by atoms with Gasteiger partial charge in [-0.1, -0.05) is 18.2 Å². The maximum atomic E-state index is 12.2. The minimum absolute atomic E-state index is 0.0409. The molecule has 1 saturated heterocycles. The average molecular weight is 281 g/mol. The maximum absolute atomic E-state index is 12.2. The molecule has 1 aliphatic heterocycles. The number of thioether (sulfide) groups is 1. The summed E-state index contributed by atoms with van der Waals surface area (Å²) in [6.45, 7) is 3.55. The number of morpholine rings is 1. The lowest BCUT2D eigenvalue weighted by molar-refractivity contribution is -0.138. The van der Waals surface area contributed by atoms with Gasteiger partial charge >= 0.3 is 0 Å². The predicted octanol–water partition coefficient (Wildman–Crippen LogP) is 1.31. The van der Waals surface area contributed by atoms with Gasteiger partial charge in [-0.15, -0.1) is 11.8 Å². The molecule has 5 heteroatoms. The Morgan fingerprint density at radius 3 is 3.05 bits per heavy atom. The monoisotopic (exact) mass is 281 g/mol. The van der Waals surface area contributed by atoms with Gasteiger partial charge in [0.15, 0.2) is 0 Å². The van der Waals surface area contributed by atoms with E-state index in [0.29, 0.717) is 25.5 Å². The topological polar surface area (TPSA) is 49.8 Å². The first-order chi connectivity index (χ1) is 9.22. The Hall–Kier alpha value is -1.04. The number of aliphatic hydroxyl groups excluding tert-OH is 1. The molecule has 1 N–H and O–H groups in total. The van der Waals surface area contributed by atoms with E-state index in [1.807, 2.05) is 31.2 Å². The molecule has 0 saturated carbocycles. The second-order valence-corrected chi connectivity index (χ2v) is 5.57. The summed E-state index contributed by atoms with van der Waals surface area (Å²) in [4.78, 5) is 15.1. The van der Waals surface area contributed by atoms with Crippen LogP contribution in [0.3, 0.4) is 0 Å². The number of carbonyl (C=O) groups excluding carboxylic acids is 1. The molecule has 0 bridgehead atoms. The molecule has 1 heterocycles. The molecule has 1 aromatic carbocycles. The molecular formula is C14H19NO3S. The highest BCUT2D eigenvalue weighted by atomic mass is 32.2. The molecule has 4 nitrogen and oxygen atoms in total. The van der Waals surface area contributed by atoms with Crippen LogP contribution in [0.4, 0.5) is 0 Å². The number of aryl methyl sites for hydroxylation is 1. The molecule has 0 spiro atoms. The van der Waals surface area contributed by atoms with Crippen molar-refractivity contribution >= 4 is 17.7 Å². The zero-order chi connectivity index (χ0) is 13.7. The Labute approximate surface area is 117 Å². The van der Waals surface area contributed by atoms with Gasteiger partial charge in [-0.2, -0.15) is 0 Å². The van der Waals surface area contributed by atoms with E-state index in [2.05, 4.69) is 0 Å². The van der Waals surface area contributed by atoms with Gasteiger partial charge in [0.05, 0.1) is 31.6 Å². The summed E-state index contributed by atoms with van der Waals surface area (Å²) in [6, 6.07) is 7.84. The number of hydrogen-bond acceptors (Lipinski definition) is 4. The van der Waals surface area contributed by atoms with Crippen molar-refractivity contribution in [3.63, 3.8) is 0 Å². The molecule has 1 fully saturated rings. The van der Waals surface area contributed by atoms with Crippen LogP contribution in [0, 0.1) is 6.92 Å². The summed E-state index contributed by atoms with van der Waals surface area (Å²) in [5.41, 5.74) is 1.18. The van der Waals surface area contributed by atoms with Crippen LogP contribution in [0.15, 0.2) is 29.2 Å². The largest absolute Gasteiger partial charge is 0.394 e. The second-order valence-electron chi connectivity index (χ2n) is 4.55. The third-order valence-electron chi connectivity index (χ3n) is 3.20. The SMILES string of the molecule is Cc1ccccc1SCC(=O)N1CCOCC1CO. The average Bonchev–Trinajstić information content (AvgIpc) is 2.46. The normalized spacial score (nSPS) is 19.5. The van der Waals surface area contributed by atoms with E-state index in [4.69, 9.17) is 4.74 Å². The zero-order valence-electron chi connectivity index (χ0n) is 11.0. The van der Waals surface area contributed by atoms with Crippen LogP contribution < -0.4 is 0 Å². The Kier molecular flexibility index (Phi) is 5.24. The first-order valence-electron chi connectivity index (χ1n) is 6.39. The lowest BCUT2D eigenvalue weighted by Gasteiger charge is -2.34. The Balaban J connectivity index is 1.92. The number of benzene rings is 1. The van der Waals surface area contributed by atoms with E-state index >= 15 is 0 Å². The summed E-state index contributed by atoms with van der Waals surface area (Å²) in [5, 5.41) is 9.26. The number of carbonyl (C=O) groups is 1.